The van der Waals surface area contributed by atoms with Crippen molar-refractivity contribution in [3.05, 3.63) is 0 Å². The van der Waals surface area contributed by atoms with Gasteiger partial charge in [-0.05, 0) is 51.5 Å². The average Bonchev–Trinajstić information content (AvgIpc) is 2.86. The fourth-order valence-electron chi connectivity index (χ4n) is 4.73. The van der Waals surface area contributed by atoms with Crippen molar-refractivity contribution in [3.63, 3.8) is 0 Å². The van der Waals surface area contributed by atoms with E-state index in [9.17, 15) is 14.4 Å². The third-order valence-electron chi connectivity index (χ3n) is 6.52. The Balaban J connectivity index is 1.51. The number of nitrogens with one attached hydrogen (secondary N) is 2. The Bertz CT molecular complexity index is 551. The van der Waals surface area contributed by atoms with Gasteiger partial charge in [-0.1, -0.05) is 32.6 Å². The Morgan fingerprint density at radius 3 is 2.46 bits per heavy atom. The lowest BCUT2D eigenvalue weighted by Gasteiger charge is -2.34. The molecule has 0 aromatic carbocycles. The van der Waals surface area contributed by atoms with E-state index in [4.69, 9.17) is 0 Å². The molecule has 1 spiro atoms. The standard InChI is InChI=1S/C19H32N4O3/c1-3-14-7-9-15(10-8-14)22(2)13-16(24)21-23-17(25)19(20-18(23)26)11-5-4-6-12-19/h14-15H,3-13H2,1-2H3,(H,20,26)(H,21,24). The molecule has 2 aliphatic carbocycles. The van der Waals surface area contributed by atoms with Crippen LogP contribution in [-0.2, 0) is 9.59 Å². The van der Waals surface area contributed by atoms with Crippen molar-refractivity contribution in [3.8, 4) is 0 Å². The van der Waals surface area contributed by atoms with E-state index < -0.39 is 11.6 Å². The third-order valence-corrected chi connectivity index (χ3v) is 6.52. The minimum atomic E-state index is -0.799. The van der Waals surface area contributed by atoms with Gasteiger partial charge in [0.25, 0.3) is 11.8 Å². The molecule has 3 aliphatic rings. The Kier molecular flexibility index (Phi) is 5.85. The number of amides is 4. The molecule has 2 saturated carbocycles. The highest BCUT2D eigenvalue weighted by atomic mass is 16.2. The minimum Gasteiger partial charge on any atom is -0.322 e. The van der Waals surface area contributed by atoms with E-state index in [1.807, 2.05) is 7.05 Å². The summed E-state index contributed by atoms with van der Waals surface area (Å²) < 4.78 is 0. The van der Waals surface area contributed by atoms with Gasteiger partial charge in [0, 0.05) is 6.04 Å². The fraction of sp³-hybridized carbons (Fsp3) is 0.842. The number of hydrogen-bond donors (Lipinski definition) is 2. The largest absolute Gasteiger partial charge is 0.344 e. The van der Waals surface area contributed by atoms with Gasteiger partial charge in [0.2, 0.25) is 0 Å². The third kappa shape index (κ3) is 3.87. The van der Waals surface area contributed by atoms with Gasteiger partial charge in [-0.3, -0.25) is 19.9 Å². The first-order chi connectivity index (χ1) is 12.4. The Morgan fingerprint density at radius 1 is 1.19 bits per heavy atom. The van der Waals surface area contributed by atoms with Crippen molar-refractivity contribution < 1.29 is 14.4 Å². The predicted molar refractivity (Wildman–Crippen MR) is 98.0 cm³/mol. The molecule has 0 atom stereocenters. The molecule has 146 valence electrons. The second kappa shape index (κ2) is 7.94. The second-order valence-electron chi connectivity index (χ2n) is 8.25. The van der Waals surface area contributed by atoms with Crippen LogP contribution in [0.1, 0.15) is 71.1 Å². The van der Waals surface area contributed by atoms with Gasteiger partial charge in [-0.15, -0.1) is 0 Å². The summed E-state index contributed by atoms with van der Waals surface area (Å²) in [7, 11) is 1.95. The van der Waals surface area contributed by atoms with E-state index in [1.165, 1.54) is 19.3 Å². The molecule has 0 radical (unpaired) electrons. The normalized spacial score (nSPS) is 28.5. The Labute approximate surface area is 155 Å². The van der Waals surface area contributed by atoms with Crippen LogP contribution >= 0.6 is 0 Å². The lowest BCUT2D eigenvalue weighted by Crippen LogP contribution is -2.53. The molecule has 7 heteroatoms. The number of carbonyl (C=O) groups is 3. The second-order valence-corrected chi connectivity index (χ2v) is 8.25. The molecular weight excluding hydrogens is 332 g/mol. The van der Waals surface area contributed by atoms with Crippen molar-refractivity contribution in [2.24, 2.45) is 5.92 Å². The molecule has 0 bridgehead atoms. The molecule has 7 nitrogen and oxygen atoms in total. The summed E-state index contributed by atoms with van der Waals surface area (Å²) >= 11 is 0. The molecule has 0 aromatic heterocycles. The number of rotatable bonds is 5. The van der Waals surface area contributed by atoms with Crippen molar-refractivity contribution in [2.45, 2.75) is 82.7 Å². The molecule has 2 N–H and O–H groups in total. The highest BCUT2D eigenvalue weighted by Crippen LogP contribution is 2.33. The molecule has 0 aromatic rings. The molecule has 0 unspecified atom stereocenters. The summed E-state index contributed by atoms with van der Waals surface area (Å²) in [5.41, 5.74) is 1.73. The zero-order chi connectivity index (χ0) is 18.7. The molecule has 1 heterocycles. The van der Waals surface area contributed by atoms with Gasteiger partial charge >= 0.3 is 6.03 Å². The van der Waals surface area contributed by atoms with Crippen molar-refractivity contribution in [1.82, 2.24) is 20.7 Å². The van der Waals surface area contributed by atoms with E-state index in [2.05, 4.69) is 22.6 Å². The first kappa shape index (κ1) is 19.1. The summed E-state index contributed by atoms with van der Waals surface area (Å²) in [6.07, 6.45) is 10.1. The van der Waals surface area contributed by atoms with Crippen molar-refractivity contribution >= 4 is 17.8 Å². The zero-order valence-corrected chi connectivity index (χ0v) is 16.1. The number of nitrogens with zero attached hydrogens (tertiary/aromatic N) is 2. The van der Waals surface area contributed by atoms with Gasteiger partial charge in [0.05, 0.1) is 6.54 Å². The monoisotopic (exact) mass is 364 g/mol. The van der Waals surface area contributed by atoms with Gasteiger partial charge < -0.3 is 5.32 Å². The SMILES string of the molecule is CCC1CCC(N(C)CC(=O)NN2C(=O)NC3(CCCCC3)C2=O)CC1. The average molecular weight is 364 g/mol. The number of urea groups is 1. The van der Waals surface area contributed by atoms with Gasteiger partial charge in [-0.25, -0.2) is 4.79 Å². The predicted octanol–water partition coefficient (Wildman–Crippen LogP) is 2.17. The quantitative estimate of drug-likeness (QED) is 0.733. The number of imide groups is 1. The molecule has 1 saturated heterocycles. The number of hydrazine groups is 1. The van der Waals surface area contributed by atoms with Crippen LogP contribution in [0.3, 0.4) is 0 Å². The maximum absolute atomic E-state index is 12.7. The van der Waals surface area contributed by atoms with Crippen molar-refractivity contribution in [1.29, 1.82) is 0 Å². The smallest absolute Gasteiger partial charge is 0.322 e. The summed E-state index contributed by atoms with van der Waals surface area (Å²) in [6.45, 7) is 2.44. The maximum atomic E-state index is 12.7. The molecule has 3 rings (SSSR count). The number of likely N-dealkylation sites (N-methyl/N-ethyl adjacent to an activating group) is 1. The summed E-state index contributed by atoms with van der Waals surface area (Å²) in [5.74, 6) is 0.203. The fourth-order valence-corrected chi connectivity index (χ4v) is 4.73. The highest BCUT2D eigenvalue weighted by molar-refractivity contribution is 6.08. The lowest BCUT2D eigenvalue weighted by molar-refractivity contribution is -0.140. The number of carbonyl (C=O) groups excluding carboxylic acids is 3. The molecule has 3 fully saturated rings. The van der Waals surface area contributed by atoms with Crippen LogP contribution in [0.25, 0.3) is 0 Å². The van der Waals surface area contributed by atoms with E-state index in [0.717, 1.165) is 43.0 Å². The van der Waals surface area contributed by atoms with Crippen LogP contribution in [-0.4, -0.2) is 52.9 Å². The Hall–Kier alpha value is -1.63. The lowest BCUT2D eigenvalue weighted by atomic mass is 9.82. The van der Waals surface area contributed by atoms with Crippen LogP contribution < -0.4 is 10.7 Å². The molecule has 1 aliphatic heterocycles. The molecule has 26 heavy (non-hydrogen) atoms. The summed E-state index contributed by atoms with van der Waals surface area (Å²) in [6, 6.07) is -0.104. The van der Waals surface area contributed by atoms with Gasteiger partial charge in [-0.2, -0.15) is 5.01 Å². The van der Waals surface area contributed by atoms with Crippen LogP contribution in [0.15, 0.2) is 0 Å². The van der Waals surface area contributed by atoms with E-state index >= 15 is 0 Å². The topological polar surface area (TPSA) is 81.8 Å². The van der Waals surface area contributed by atoms with E-state index in [-0.39, 0.29) is 18.4 Å². The van der Waals surface area contributed by atoms with E-state index in [1.54, 1.807) is 0 Å². The maximum Gasteiger partial charge on any atom is 0.344 e. The molecular formula is C19H32N4O3. The first-order valence-electron chi connectivity index (χ1n) is 10.1. The van der Waals surface area contributed by atoms with Crippen LogP contribution in [0.4, 0.5) is 4.79 Å². The van der Waals surface area contributed by atoms with Gasteiger partial charge in [0.1, 0.15) is 5.54 Å². The van der Waals surface area contributed by atoms with Crippen LogP contribution in [0.5, 0.6) is 0 Å². The van der Waals surface area contributed by atoms with Gasteiger partial charge in [0.15, 0.2) is 0 Å². The van der Waals surface area contributed by atoms with Crippen LogP contribution in [0, 0.1) is 5.92 Å². The Morgan fingerprint density at radius 2 is 1.85 bits per heavy atom. The first-order valence-corrected chi connectivity index (χ1v) is 10.1. The number of hydrogen-bond acceptors (Lipinski definition) is 4. The van der Waals surface area contributed by atoms with E-state index in [0.29, 0.717) is 18.9 Å². The van der Waals surface area contributed by atoms with Crippen LogP contribution in [0.2, 0.25) is 0 Å². The summed E-state index contributed by atoms with van der Waals surface area (Å²) in [5, 5.41) is 3.71. The minimum absolute atomic E-state index is 0.200. The molecule has 4 amide bonds. The van der Waals surface area contributed by atoms with Crippen molar-refractivity contribution in [2.75, 3.05) is 13.6 Å². The summed E-state index contributed by atoms with van der Waals surface area (Å²) in [4.78, 5) is 39.4. The zero-order valence-electron chi connectivity index (χ0n) is 16.1. The highest BCUT2D eigenvalue weighted by Gasteiger charge is 2.52.